The third-order valence-electron chi connectivity index (χ3n) is 3.24. The van der Waals surface area contributed by atoms with Crippen molar-refractivity contribution >= 4 is 5.91 Å². The summed E-state index contributed by atoms with van der Waals surface area (Å²) >= 11 is 0. The number of nitrogens with zero attached hydrogens (tertiary/aromatic N) is 1. The lowest BCUT2D eigenvalue weighted by Crippen LogP contribution is -2.44. The van der Waals surface area contributed by atoms with Crippen molar-refractivity contribution < 1.29 is 4.79 Å². The minimum atomic E-state index is 0.153. The van der Waals surface area contributed by atoms with Crippen LogP contribution in [0.3, 0.4) is 0 Å². The SMILES string of the molecule is O=C(CCN1CCNCC1)NCCc1ccc[nH]1. The molecule has 1 aliphatic rings. The number of aromatic amines is 1. The highest BCUT2D eigenvalue weighted by molar-refractivity contribution is 5.76. The summed E-state index contributed by atoms with van der Waals surface area (Å²) in [6.07, 6.45) is 3.37. The molecule has 5 heteroatoms. The van der Waals surface area contributed by atoms with E-state index in [-0.39, 0.29) is 5.91 Å². The van der Waals surface area contributed by atoms with Gasteiger partial charge in [0.1, 0.15) is 0 Å². The van der Waals surface area contributed by atoms with Gasteiger partial charge in [0.25, 0.3) is 0 Å². The molecule has 0 atom stereocenters. The Morgan fingerprint density at radius 3 is 2.94 bits per heavy atom. The lowest BCUT2D eigenvalue weighted by molar-refractivity contribution is -0.121. The Balaban J connectivity index is 1.54. The molecule has 3 N–H and O–H groups in total. The van der Waals surface area contributed by atoms with Gasteiger partial charge < -0.3 is 20.5 Å². The Bertz CT molecular complexity index is 344. The second-order valence-corrected chi connectivity index (χ2v) is 4.64. The van der Waals surface area contributed by atoms with Crippen LogP contribution >= 0.6 is 0 Å². The van der Waals surface area contributed by atoms with Crippen molar-refractivity contribution in [3.05, 3.63) is 24.0 Å². The molecule has 1 aromatic heterocycles. The normalized spacial score (nSPS) is 16.7. The van der Waals surface area contributed by atoms with E-state index in [9.17, 15) is 4.79 Å². The highest BCUT2D eigenvalue weighted by Gasteiger charge is 2.10. The first-order valence-corrected chi connectivity index (χ1v) is 6.66. The van der Waals surface area contributed by atoms with Crippen molar-refractivity contribution in [2.75, 3.05) is 39.3 Å². The van der Waals surface area contributed by atoms with E-state index in [1.165, 1.54) is 0 Å². The molecule has 1 aromatic rings. The number of carbonyl (C=O) groups excluding carboxylic acids is 1. The van der Waals surface area contributed by atoms with Gasteiger partial charge in [-0.3, -0.25) is 4.79 Å². The summed E-state index contributed by atoms with van der Waals surface area (Å²) in [4.78, 5) is 17.1. The minimum Gasteiger partial charge on any atom is -0.365 e. The average molecular weight is 250 g/mol. The quantitative estimate of drug-likeness (QED) is 0.664. The maximum Gasteiger partial charge on any atom is 0.221 e. The fourth-order valence-electron chi connectivity index (χ4n) is 2.14. The number of carbonyl (C=O) groups is 1. The van der Waals surface area contributed by atoms with Crippen LogP contribution in [0.4, 0.5) is 0 Å². The highest BCUT2D eigenvalue weighted by Crippen LogP contribution is 1.96. The monoisotopic (exact) mass is 250 g/mol. The van der Waals surface area contributed by atoms with Gasteiger partial charge in [0.15, 0.2) is 0 Å². The molecule has 5 nitrogen and oxygen atoms in total. The van der Waals surface area contributed by atoms with Crippen LogP contribution in [-0.4, -0.2) is 55.1 Å². The molecule has 0 bridgehead atoms. The maximum atomic E-state index is 11.7. The van der Waals surface area contributed by atoms with Crippen LogP contribution in [0.1, 0.15) is 12.1 Å². The van der Waals surface area contributed by atoms with E-state index in [0.717, 1.165) is 44.8 Å². The van der Waals surface area contributed by atoms with Crippen LogP contribution in [-0.2, 0) is 11.2 Å². The van der Waals surface area contributed by atoms with E-state index in [1.807, 2.05) is 18.3 Å². The molecular weight excluding hydrogens is 228 g/mol. The second kappa shape index (κ2) is 7.18. The first-order valence-electron chi connectivity index (χ1n) is 6.66. The summed E-state index contributed by atoms with van der Waals surface area (Å²) in [6.45, 7) is 5.76. The smallest absolute Gasteiger partial charge is 0.221 e. The molecule has 1 saturated heterocycles. The van der Waals surface area contributed by atoms with Crippen LogP contribution in [0, 0.1) is 0 Å². The number of H-pyrrole nitrogens is 1. The highest BCUT2D eigenvalue weighted by atomic mass is 16.1. The van der Waals surface area contributed by atoms with Gasteiger partial charge in [-0.15, -0.1) is 0 Å². The molecule has 0 radical (unpaired) electrons. The molecule has 18 heavy (non-hydrogen) atoms. The second-order valence-electron chi connectivity index (χ2n) is 4.64. The van der Waals surface area contributed by atoms with Gasteiger partial charge in [-0.1, -0.05) is 0 Å². The van der Waals surface area contributed by atoms with Crippen molar-refractivity contribution in [2.24, 2.45) is 0 Å². The van der Waals surface area contributed by atoms with Gasteiger partial charge in [-0.25, -0.2) is 0 Å². The molecule has 1 fully saturated rings. The fraction of sp³-hybridized carbons (Fsp3) is 0.615. The lowest BCUT2D eigenvalue weighted by atomic mass is 10.3. The van der Waals surface area contributed by atoms with Crippen molar-refractivity contribution in [3.63, 3.8) is 0 Å². The molecule has 0 aliphatic carbocycles. The third kappa shape index (κ3) is 4.50. The lowest BCUT2D eigenvalue weighted by Gasteiger charge is -2.26. The van der Waals surface area contributed by atoms with Crippen molar-refractivity contribution in [3.8, 4) is 0 Å². The molecule has 0 spiro atoms. The first kappa shape index (κ1) is 13.1. The van der Waals surface area contributed by atoms with Crippen LogP contribution < -0.4 is 10.6 Å². The third-order valence-corrected chi connectivity index (χ3v) is 3.24. The predicted molar refractivity (Wildman–Crippen MR) is 71.4 cm³/mol. The Kier molecular flexibility index (Phi) is 5.23. The molecule has 100 valence electrons. The summed E-state index contributed by atoms with van der Waals surface area (Å²) in [7, 11) is 0. The molecule has 1 aliphatic heterocycles. The van der Waals surface area contributed by atoms with Crippen LogP contribution in [0.15, 0.2) is 18.3 Å². The first-order chi connectivity index (χ1) is 8.84. The molecular formula is C13H22N4O. The van der Waals surface area contributed by atoms with Crippen LogP contribution in [0.2, 0.25) is 0 Å². The van der Waals surface area contributed by atoms with E-state index in [1.54, 1.807) is 0 Å². The number of hydrogen-bond donors (Lipinski definition) is 3. The van der Waals surface area contributed by atoms with E-state index >= 15 is 0 Å². The summed E-state index contributed by atoms with van der Waals surface area (Å²) in [6, 6.07) is 4.01. The molecule has 0 aromatic carbocycles. The van der Waals surface area contributed by atoms with E-state index in [0.29, 0.717) is 13.0 Å². The summed E-state index contributed by atoms with van der Waals surface area (Å²) < 4.78 is 0. The van der Waals surface area contributed by atoms with Gasteiger partial charge in [0.05, 0.1) is 0 Å². The van der Waals surface area contributed by atoms with E-state index < -0.39 is 0 Å². The number of aromatic nitrogens is 1. The molecule has 2 rings (SSSR count). The van der Waals surface area contributed by atoms with Crippen molar-refractivity contribution in [1.29, 1.82) is 0 Å². The molecule has 2 heterocycles. The van der Waals surface area contributed by atoms with Gasteiger partial charge >= 0.3 is 0 Å². The number of nitrogens with one attached hydrogen (secondary N) is 3. The zero-order valence-electron chi connectivity index (χ0n) is 10.7. The summed E-state index contributed by atoms with van der Waals surface area (Å²) in [5, 5.41) is 6.27. The summed E-state index contributed by atoms with van der Waals surface area (Å²) in [5.41, 5.74) is 1.16. The molecule has 1 amide bonds. The van der Waals surface area contributed by atoms with Crippen molar-refractivity contribution in [2.45, 2.75) is 12.8 Å². The van der Waals surface area contributed by atoms with Gasteiger partial charge in [-0.2, -0.15) is 0 Å². The Labute approximate surface area is 108 Å². The number of rotatable bonds is 6. The zero-order chi connectivity index (χ0) is 12.6. The van der Waals surface area contributed by atoms with E-state index in [4.69, 9.17) is 0 Å². The predicted octanol–water partition coefficient (Wildman–Crippen LogP) is -0.0313. The zero-order valence-corrected chi connectivity index (χ0v) is 10.7. The standard InChI is InChI=1S/C13H22N4O/c18-13(4-9-17-10-7-14-8-11-17)16-6-3-12-2-1-5-15-12/h1-2,5,14-15H,3-4,6-11H2,(H,16,18). The van der Waals surface area contributed by atoms with E-state index in [2.05, 4.69) is 20.5 Å². The number of piperazine rings is 1. The molecule has 0 unspecified atom stereocenters. The largest absolute Gasteiger partial charge is 0.365 e. The van der Waals surface area contributed by atoms with Gasteiger partial charge in [0, 0.05) is 64.0 Å². The average Bonchev–Trinajstić information content (AvgIpc) is 2.91. The van der Waals surface area contributed by atoms with Crippen molar-refractivity contribution in [1.82, 2.24) is 20.5 Å². The fourth-order valence-corrected chi connectivity index (χ4v) is 2.14. The maximum absolute atomic E-state index is 11.7. The van der Waals surface area contributed by atoms with Gasteiger partial charge in [0.2, 0.25) is 5.91 Å². The summed E-state index contributed by atoms with van der Waals surface area (Å²) in [5.74, 6) is 0.153. The minimum absolute atomic E-state index is 0.153. The number of amides is 1. The number of hydrogen-bond acceptors (Lipinski definition) is 3. The Hall–Kier alpha value is -1.33. The topological polar surface area (TPSA) is 60.2 Å². The molecule has 0 saturated carbocycles. The Morgan fingerprint density at radius 1 is 1.39 bits per heavy atom. The Morgan fingerprint density at radius 2 is 2.22 bits per heavy atom. The van der Waals surface area contributed by atoms with Crippen LogP contribution in [0.5, 0.6) is 0 Å². The van der Waals surface area contributed by atoms with Crippen LogP contribution in [0.25, 0.3) is 0 Å². The van der Waals surface area contributed by atoms with Gasteiger partial charge in [-0.05, 0) is 12.1 Å².